The minimum Gasteiger partial charge on any atom is -0.368 e. The van der Waals surface area contributed by atoms with E-state index in [0.717, 1.165) is 25.7 Å². The second-order valence-electron chi connectivity index (χ2n) is 5.70. The van der Waals surface area contributed by atoms with Crippen LogP contribution in [0.15, 0.2) is 32.9 Å². The maximum absolute atomic E-state index is 5.85. The van der Waals surface area contributed by atoms with Crippen molar-refractivity contribution in [2.24, 2.45) is 0 Å². The first-order valence-electron chi connectivity index (χ1n) is 8.56. The number of thioether (sulfide) groups is 2. The number of nitrogens with two attached hydrogens (primary N) is 1. The molecule has 7 nitrogen and oxygen atoms in total. The highest BCUT2D eigenvalue weighted by atomic mass is 32.2. The van der Waals surface area contributed by atoms with Crippen LogP contribution in [0, 0.1) is 6.92 Å². The van der Waals surface area contributed by atoms with Crippen LogP contribution >= 0.6 is 34.9 Å². The Balaban J connectivity index is 1.62. The highest BCUT2D eigenvalue weighted by molar-refractivity contribution is 8.02. The molecular weight excluding hydrogens is 398 g/mol. The van der Waals surface area contributed by atoms with Gasteiger partial charge in [0.2, 0.25) is 11.9 Å². The number of hydrogen-bond donors (Lipinski definition) is 2. The molecule has 0 saturated carbocycles. The topological polar surface area (TPSA) is 102 Å². The number of para-hydroxylation sites is 1. The monoisotopic (exact) mass is 419 g/mol. The van der Waals surface area contributed by atoms with Crippen LogP contribution in [-0.4, -0.2) is 30.9 Å². The number of rotatable bonds is 9. The molecule has 0 unspecified atom stereocenters. The van der Waals surface area contributed by atoms with Gasteiger partial charge in [0.25, 0.3) is 0 Å². The summed E-state index contributed by atoms with van der Waals surface area (Å²) in [6.45, 7) is 4.21. The van der Waals surface area contributed by atoms with Crippen molar-refractivity contribution in [3.63, 3.8) is 0 Å². The Bertz CT molecular complexity index is 884. The molecule has 0 bridgehead atoms. The van der Waals surface area contributed by atoms with Crippen molar-refractivity contribution < 1.29 is 0 Å². The predicted molar refractivity (Wildman–Crippen MR) is 114 cm³/mol. The van der Waals surface area contributed by atoms with Crippen LogP contribution in [0.3, 0.4) is 0 Å². The van der Waals surface area contributed by atoms with Gasteiger partial charge in [0.15, 0.2) is 8.68 Å². The van der Waals surface area contributed by atoms with Crippen molar-refractivity contribution in [1.29, 1.82) is 0 Å². The lowest BCUT2D eigenvalue weighted by molar-refractivity contribution is 0.892. The van der Waals surface area contributed by atoms with Gasteiger partial charge in [-0.3, -0.25) is 0 Å². The first-order chi connectivity index (χ1) is 13.1. The molecule has 0 aliphatic carbocycles. The zero-order valence-electron chi connectivity index (χ0n) is 15.2. The molecule has 0 aliphatic heterocycles. The smallest absolute Gasteiger partial charge is 0.232 e. The summed E-state index contributed by atoms with van der Waals surface area (Å²) in [5.41, 5.74) is 7.90. The van der Waals surface area contributed by atoms with E-state index >= 15 is 0 Å². The summed E-state index contributed by atoms with van der Waals surface area (Å²) in [6.07, 6.45) is 2.38. The Labute approximate surface area is 171 Å². The third-order valence-electron chi connectivity index (χ3n) is 3.53. The lowest BCUT2D eigenvalue weighted by atomic mass is 10.2. The summed E-state index contributed by atoms with van der Waals surface area (Å²) >= 11 is 4.91. The van der Waals surface area contributed by atoms with E-state index in [2.05, 4.69) is 37.4 Å². The molecule has 0 radical (unpaired) electrons. The van der Waals surface area contributed by atoms with E-state index < -0.39 is 0 Å². The Morgan fingerprint density at radius 3 is 2.63 bits per heavy atom. The molecule has 0 spiro atoms. The van der Waals surface area contributed by atoms with Gasteiger partial charge in [-0.25, -0.2) is 0 Å². The van der Waals surface area contributed by atoms with Crippen molar-refractivity contribution in [2.45, 2.75) is 41.1 Å². The van der Waals surface area contributed by atoms with Crippen LogP contribution in [0.5, 0.6) is 0 Å². The molecule has 0 atom stereocenters. The molecule has 0 fully saturated rings. The molecule has 0 amide bonds. The van der Waals surface area contributed by atoms with Crippen molar-refractivity contribution in [3.05, 3.63) is 35.7 Å². The largest absolute Gasteiger partial charge is 0.368 e. The minimum absolute atomic E-state index is 0.199. The van der Waals surface area contributed by atoms with Crippen molar-refractivity contribution in [1.82, 2.24) is 25.1 Å². The first kappa shape index (κ1) is 19.8. The quantitative estimate of drug-likeness (QED) is 0.382. The van der Waals surface area contributed by atoms with Crippen LogP contribution < -0.4 is 11.1 Å². The van der Waals surface area contributed by atoms with Crippen LogP contribution in [0.2, 0.25) is 0 Å². The summed E-state index contributed by atoms with van der Waals surface area (Å²) in [7, 11) is 0. The number of unbranched alkanes of at least 4 members (excludes halogenated alkanes) is 1. The van der Waals surface area contributed by atoms with Gasteiger partial charge in [-0.2, -0.15) is 15.0 Å². The minimum atomic E-state index is 0.199. The molecule has 2 heterocycles. The van der Waals surface area contributed by atoms with Gasteiger partial charge in [-0.1, -0.05) is 66.4 Å². The number of aromatic nitrogens is 5. The summed E-state index contributed by atoms with van der Waals surface area (Å²) in [4.78, 5) is 12.9. The lowest BCUT2D eigenvalue weighted by Crippen LogP contribution is -2.07. The molecule has 0 aliphatic rings. The molecule has 142 valence electrons. The molecule has 27 heavy (non-hydrogen) atoms. The average molecular weight is 420 g/mol. The molecule has 3 rings (SSSR count). The number of nitrogens with one attached hydrogen (secondary N) is 1. The number of nitrogen functional groups attached to an aromatic ring is 1. The summed E-state index contributed by atoms with van der Waals surface area (Å²) in [5, 5.41) is 11.7. The fourth-order valence-corrected chi connectivity index (χ4v) is 5.17. The Morgan fingerprint density at radius 1 is 1.07 bits per heavy atom. The van der Waals surface area contributed by atoms with Crippen molar-refractivity contribution >= 4 is 52.4 Å². The molecule has 1 aromatic carbocycles. The zero-order chi connectivity index (χ0) is 19.1. The molecule has 10 heteroatoms. The summed E-state index contributed by atoms with van der Waals surface area (Å²) in [6, 6.07) is 7.95. The van der Waals surface area contributed by atoms with Gasteiger partial charge >= 0.3 is 0 Å². The second kappa shape index (κ2) is 9.86. The fraction of sp³-hybridized carbons (Fsp3) is 0.353. The van der Waals surface area contributed by atoms with E-state index in [0.29, 0.717) is 17.5 Å². The van der Waals surface area contributed by atoms with Crippen LogP contribution in [0.1, 0.15) is 31.2 Å². The average Bonchev–Trinajstić information content (AvgIpc) is 3.10. The van der Waals surface area contributed by atoms with Crippen molar-refractivity contribution in [3.8, 4) is 0 Å². The van der Waals surface area contributed by atoms with Gasteiger partial charge in [-0.05, 0) is 25.0 Å². The van der Waals surface area contributed by atoms with E-state index in [4.69, 9.17) is 5.73 Å². The second-order valence-corrected chi connectivity index (χ2v) is 9.24. The van der Waals surface area contributed by atoms with Gasteiger partial charge in [0, 0.05) is 11.4 Å². The SMILES string of the molecule is CCCCSc1nnc(SCc2nc(N)nc(Nc3ccccc3C)n2)s1. The first-order valence-corrected chi connectivity index (χ1v) is 11.3. The molecule has 3 aromatic rings. The van der Waals surface area contributed by atoms with Crippen molar-refractivity contribution in [2.75, 3.05) is 16.8 Å². The number of benzene rings is 1. The number of aryl methyl sites for hydroxylation is 1. The number of anilines is 3. The summed E-state index contributed by atoms with van der Waals surface area (Å²) in [5.74, 6) is 2.89. The highest BCUT2D eigenvalue weighted by Gasteiger charge is 2.10. The van der Waals surface area contributed by atoms with Crippen LogP contribution in [0.4, 0.5) is 17.6 Å². The maximum Gasteiger partial charge on any atom is 0.232 e. The Morgan fingerprint density at radius 2 is 1.85 bits per heavy atom. The fourth-order valence-electron chi connectivity index (χ4n) is 2.14. The van der Waals surface area contributed by atoms with E-state index in [1.807, 2.05) is 31.2 Å². The Kier molecular flexibility index (Phi) is 7.25. The third kappa shape index (κ3) is 6.05. The van der Waals surface area contributed by atoms with Crippen LogP contribution in [-0.2, 0) is 5.75 Å². The lowest BCUT2D eigenvalue weighted by Gasteiger charge is -2.09. The van der Waals surface area contributed by atoms with Gasteiger partial charge in [-0.15, -0.1) is 10.2 Å². The zero-order valence-corrected chi connectivity index (χ0v) is 17.6. The highest BCUT2D eigenvalue weighted by Crippen LogP contribution is 2.30. The standard InChI is InChI=1S/C17H21N7S3/c1-3-4-9-25-16-23-24-17(27-16)26-10-13-20-14(18)22-15(21-13)19-12-8-6-5-7-11(12)2/h5-8H,3-4,9-10H2,1-2H3,(H3,18,19,20,21,22). The van der Waals surface area contributed by atoms with Gasteiger partial charge < -0.3 is 11.1 Å². The maximum atomic E-state index is 5.85. The Hall–Kier alpha value is -1.91. The third-order valence-corrected chi connectivity index (χ3v) is 6.80. The van der Waals surface area contributed by atoms with E-state index in [1.54, 1.807) is 34.9 Å². The molecular formula is C17H21N7S3. The summed E-state index contributed by atoms with van der Waals surface area (Å²) < 4.78 is 1.91. The molecule has 0 saturated heterocycles. The molecule has 2 aromatic heterocycles. The van der Waals surface area contributed by atoms with E-state index in [-0.39, 0.29) is 5.95 Å². The number of nitrogens with zero attached hydrogens (tertiary/aromatic N) is 5. The normalized spacial score (nSPS) is 10.9. The van der Waals surface area contributed by atoms with Gasteiger partial charge in [0.1, 0.15) is 5.82 Å². The van der Waals surface area contributed by atoms with Gasteiger partial charge in [0.05, 0.1) is 5.75 Å². The van der Waals surface area contributed by atoms with Crippen LogP contribution in [0.25, 0.3) is 0 Å². The molecule has 3 N–H and O–H groups in total. The predicted octanol–water partition coefficient (Wildman–Crippen LogP) is 4.54. The van der Waals surface area contributed by atoms with E-state index in [1.165, 1.54) is 12.8 Å². The number of hydrogen-bond acceptors (Lipinski definition) is 10. The van der Waals surface area contributed by atoms with E-state index in [9.17, 15) is 0 Å².